The summed E-state index contributed by atoms with van der Waals surface area (Å²) >= 11 is 0. The van der Waals surface area contributed by atoms with Gasteiger partial charge in [0.2, 0.25) is 0 Å². The van der Waals surface area contributed by atoms with Gasteiger partial charge in [-0.3, -0.25) is 0 Å². The second-order valence-corrected chi connectivity index (χ2v) is 9.48. The molecule has 0 saturated heterocycles. The minimum Gasteiger partial charge on any atom is -0.497 e. The van der Waals surface area contributed by atoms with Gasteiger partial charge in [0.1, 0.15) is 17.6 Å². The van der Waals surface area contributed by atoms with Crippen molar-refractivity contribution in [3.63, 3.8) is 0 Å². The Morgan fingerprint density at radius 3 is 1.27 bits per heavy atom. The van der Waals surface area contributed by atoms with Gasteiger partial charge in [0, 0.05) is 39.0 Å². The lowest BCUT2D eigenvalue weighted by Crippen LogP contribution is -2.09. The summed E-state index contributed by atoms with van der Waals surface area (Å²) < 4.78 is 10.7. The highest BCUT2D eigenvalue weighted by Crippen LogP contribution is 2.36. The third kappa shape index (κ3) is 4.91. The number of hydrogen-bond donors (Lipinski definition) is 0. The highest BCUT2D eigenvalue weighted by atomic mass is 16.5. The molecule has 196 valence electrons. The van der Waals surface area contributed by atoms with Crippen molar-refractivity contribution >= 4 is 38.6 Å². The molecule has 0 amide bonds. The van der Waals surface area contributed by atoms with E-state index in [0.29, 0.717) is 5.56 Å². The SMILES string of the molecule is COc1ccc(N(c2ccc(C#Cc3c4ccccc4c(C#N)c4ccccc34)cc2)c2ccc(OC)cc2)cc1. The number of anilines is 3. The van der Waals surface area contributed by atoms with E-state index in [2.05, 4.69) is 34.9 Å². The lowest BCUT2D eigenvalue weighted by molar-refractivity contribution is 0.415. The number of rotatable bonds is 5. The monoisotopic (exact) mass is 530 g/mol. The second-order valence-electron chi connectivity index (χ2n) is 9.48. The molecular formula is C37H26N2O2. The van der Waals surface area contributed by atoms with Gasteiger partial charge in [0.25, 0.3) is 0 Å². The summed E-state index contributed by atoms with van der Waals surface area (Å²) in [4.78, 5) is 2.18. The molecule has 4 nitrogen and oxygen atoms in total. The number of nitrogens with zero attached hydrogens (tertiary/aromatic N) is 2. The Labute approximate surface area is 239 Å². The first-order chi connectivity index (χ1) is 20.2. The summed E-state index contributed by atoms with van der Waals surface area (Å²) in [5, 5.41) is 13.7. The van der Waals surface area contributed by atoms with Gasteiger partial charge >= 0.3 is 0 Å². The smallest absolute Gasteiger partial charge is 0.119 e. The number of benzene rings is 6. The molecule has 0 N–H and O–H groups in total. The van der Waals surface area contributed by atoms with Crippen LogP contribution >= 0.6 is 0 Å². The molecule has 6 aromatic rings. The lowest BCUT2D eigenvalue weighted by Gasteiger charge is -2.25. The topological polar surface area (TPSA) is 45.5 Å². The van der Waals surface area contributed by atoms with E-state index in [1.54, 1.807) is 14.2 Å². The van der Waals surface area contributed by atoms with Gasteiger partial charge in [0.05, 0.1) is 19.8 Å². The van der Waals surface area contributed by atoms with E-state index in [1.165, 1.54) is 0 Å². The molecule has 0 saturated carbocycles. The van der Waals surface area contributed by atoms with Gasteiger partial charge in [-0.05, 0) is 83.6 Å². The minimum atomic E-state index is 0.684. The van der Waals surface area contributed by atoms with E-state index in [9.17, 15) is 5.26 Å². The Hall–Kier alpha value is -5.71. The van der Waals surface area contributed by atoms with E-state index in [-0.39, 0.29) is 0 Å². The van der Waals surface area contributed by atoms with Gasteiger partial charge in [-0.15, -0.1) is 0 Å². The van der Waals surface area contributed by atoms with Crippen molar-refractivity contribution in [2.75, 3.05) is 19.1 Å². The van der Waals surface area contributed by atoms with Gasteiger partial charge in [-0.25, -0.2) is 0 Å². The van der Waals surface area contributed by atoms with Crippen molar-refractivity contribution in [1.29, 1.82) is 5.26 Å². The molecule has 0 aromatic heterocycles. The molecule has 0 aliphatic heterocycles. The van der Waals surface area contributed by atoms with Crippen LogP contribution in [0.2, 0.25) is 0 Å². The molecule has 0 radical (unpaired) electrons. The van der Waals surface area contributed by atoms with E-state index in [0.717, 1.165) is 61.2 Å². The molecule has 0 aliphatic carbocycles. The fraction of sp³-hybridized carbons (Fsp3) is 0.0541. The Kier molecular flexibility index (Phi) is 6.97. The minimum absolute atomic E-state index is 0.684. The number of fused-ring (bicyclic) bond motifs is 2. The number of hydrogen-bond acceptors (Lipinski definition) is 4. The fourth-order valence-electron chi connectivity index (χ4n) is 5.12. The molecule has 0 bridgehead atoms. The first-order valence-electron chi connectivity index (χ1n) is 13.2. The number of nitriles is 1. The van der Waals surface area contributed by atoms with Crippen LogP contribution in [0.4, 0.5) is 17.1 Å². The number of ether oxygens (including phenoxy) is 2. The van der Waals surface area contributed by atoms with Crippen LogP contribution in [-0.4, -0.2) is 14.2 Å². The maximum absolute atomic E-state index is 9.92. The third-order valence-electron chi connectivity index (χ3n) is 7.16. The molecule has 6 rings (SSSR count). The highest BCUT2D eigenvalue weighted by Gasteiger charge is 2.14. The highest BCUT2D eigenvalue weighted by molar-refractivity contribution is 6.09. The summed E-state index contributed by atoms with van der Waals surface area (Å²) in [6.07, 6.45) is 0. The lowest BCUT2D eigenvalue weighted by atomic mass is 9.92. The molecule has 41 heavy (non-hydrogen) atoms. The number of methoxy groups -OCH3 is 2. The summed E-state index contributed by atoms with van der Waals surface area (Å²) in [6, 6.07) is 42.6. The maximum Gasteiger partial charge on any atom is 0.119 e. The zero-order valence-corrected chi connectivity index (χ0v) is 22.8. The molecule has 0 fully saturated rings. The van der Waals surface area contributed by atoms with Crippen LogP contribution in [0, 0.1) is 23.2 Å². The molecule has 0 atom stereocenters. The van der Waals surface area contributed by atoms with Gasteiger partial charge < -0.3 is 14.4 Å². The largest absolute Gasteiger partial charge is 0.497 e. The van der Waals surface area contributed by atoms with Crippen molar-refractivity contribution in [3.8, 4) is 29.4 Å². The Balaban J connectivity index is 1.41. The summed E-state index contributed by atoms with van der Waals surface area (Å²) in [5.74, 6) is 8.41. The average Bonchev–Trinajstić information content (AvgIpc) is 3.04. The average molecular weight is 531 g/mol. The van der Waals surface area contributed by atoms with Gasteiger partial charge in [-0.1, -0.05) is 60.4 Å². The van der Waals surface area contributed by atoms with Crippen LogP contribution in [-0.2, 0) is 0 Å². The van der Waals surface area contributed by atoms with E-state index >= 15 is 0 Å². The standard InChI is InChI=1S/C37H26N2O2/c1-40-30-20-16-28(17-21-30)39(29-18-22-31(41-2)23-19-29)27-14-11-26(12-15-27)13-24-36-32-7-3-5-9-34(32)37(25-38)35-10-6-4-8-33(35)36/h3-12,14-23H,1-2H3. The van der Waals surface area contributed by atoms with Crippen LogP contribution in [0.5, 0.6) is 11.5 Å². The van der Waals surface area contributed by atoms with E-state index in [1.807, 2.05) is 109 Å². The van der Waals surface area contributed by atoms with Gasteiger partial charge in [-0.2, -0.15) is 5.26 Å². The van der Waals surface area contributed by atoms with E-state index < -0.39 is 0 Å². The molecule has 6 aromatic carbocycles. The predicted octanol–water partition coefficient (Wildman–Crippen LogP) is 8.75. The van der Waals surface area contributed by atoms with Crippen LogP contribution in [0.15, 0.2) is 121 Å². The second kappa shape index (κ2) is 11.2. The maximum atomic E-state index is 9.92. The molecule has 0 heterocycles. The molecular weight excluding hydrogens is 504 g/mol. The van der Waals surface area contributed by atoms with Gasteiger partial charge in [0.15, 0.2) is 0 Å². The fourth-order valence-corrected chi connectivity index (χ4v) is 5.12. The molecule has 0 spiro atoms. The zero-order valence-electron chi connectivity index (χ0n) is 22.8. The first kappa shape index (κ1) is 25.6. The van der Waals surface area contributed by atoms with Crippen LogP contribution in [0.25, 0.3) is 21.5 Å². The van der Waals surface area contributed by atoms with Crippen LogP contribution in [0.3, 0.4) is 0 Å². The molecule has 4 heteroatoms. The first-order valence-corrected chi connectivity index (χ1v) is 13.2. The third-order valence-corrected chi connectivity index (χ3v) is 7.16. The zero-order chi connectivity index (χ0) is 28.2. The van der Waals surface area contributed by atoms with Crippen molar-refractivity contribution in [2.24, 2.45) is 0 Å². The van der Waals surface area contributed by atoms with Crippen molar-refractivity contribution in [1.82, 2.24) is 0 Å². The summed E-state index contributed by atoms with van der Waals surface area (Å²) in [5.41, 5.74) is 5.52. The molecule has 0 aliphatic rings. The predicted molar refractivity (Wildman–Crippen MR) is 166 cm³/mol. The molecule has 0 unspecified atom stereocenters. The Morgan fingerprint density at radius 2 is 0.878 bits per heavy atom. The van der Waals surface area contributed by atoms with Crippen LogP contribution in [0.1, 0.15) is 16.7 Å². The van der Waals surface area contributed by atoms with Crippen molar-refractivity contribution in [2.45, 2.75) is 0 Å². The normalized spacial score (nSPS) is 10.5. The van der Waals surface area contributed by atoms with Crippen molar-refractivity contribution in [3.05, 3.63) is 138 Å². The summed E-state index contributed by atoms with van der Waals surface area (Å²) in [6.45, 7) is 0. The van der Waals surface area contributed by atoms with Crippen molar-refractivity contribution < 1.29 is 9.47 Å². The summed E-state index contributed by atoms with van der Waals surface area (Å²) in [7, 11) is 3.33. The van der Waals surface area contributed by atoms with E-state index in [4.69, 9.17) is 9.47 Å². The van der Waals surface area contributed by atoms with Crippen LogP contribution < -0.4 is 14.4 Å². The Morgan fingerprint density at radius 1 is 0.488 bits per heavy atom. The Bertz CT molecular complexity index is 1850. The quantitative estimate of drug-likeness (QED) is 0.165.